The van der Waals surface area contributed by atoms with E-state index in [-0.39, 0.29) is 12.5 Å². The van der Waals surface area contributed by atoms with Crippen LogP contribution >= 0.6 is 0 Å². The van der Waals surface area contributed by atoms with Gasteiger partial charge < -0.3 is 5.32 Å². The van der Waals surface area contributed by atoms with Crippen LogP contribution in [0.5, 0.6) is 0 Å². The van der Waals surface area contributed by atoms with Crippen LogP contribution in [0.15, 0.2) is 42.5 Å². The van der Waals surface area contributed by atoms with E-state index in [0.717, 1.165) is 10.8 Å². The van der Waals surface area contributed by atoms with E-state index in [1.807, 2.05) is 36.4 Å². The molecule has 1 heterocycles. The van der Waals surface area contributed by atoms with E-state index < -0.39 is 0 Å². The van der Waals surface area contributed by atoms with Crippen LogP contribution in [0.4, 0.5) is 0 Å². The lowest BCUT2D eigenvalue weighted by Crippen LogP contribution is -2.23. The normalized spacial score (nSPS) is 10.5. The first-order valence-electron chi connectivity index (χ1n) is 5.82. The first-order valence-corrected chi connectivity index (χ1v) is 5.82. The maximum Gasteiger partial charge on any atom is 0.251 e. The highest BCUT2D eigenvalue weighted by Gasteiger charge is 2.07. The third-order valence-corrected chi connectivity index (χ3v) is 2.81. The molecule has 2 N–H and O–H groups in total. The molecule has 0 bridgehead atoms. The van der Waals surface area contributed by atoms with Gasteiger partial charge in [-0.25, -0.2) is 0 Å². The predicted molar refractivity (Wildman–Crippen MR) is 69.3 cm³/mol. The summed E-state index contributed by atoms with van der Waals surface area (Å²) in [5, 5.41) is 18.2. The van der Waals surface area contributed by atoms with Gasteiger partial charge in [0.1, 0.15) is 0 Å². The van der Waals surface area contributed by atoms with Gasteiger partial charge in [-0.1, -0.05) is 35.5 Å². The maximum atomic E-state index is 12.0. The van der Waals surface area contributed by atoms with Crippen molar-refractivity contribution in [2.45, 2.75) is 6.54 Å². The largest absolute Gasteiger partial charge is 0.345 e. The summed E-state index contributed by atoms with van der Waals surface area (Å²) in [6.07, 6.45) is 0. The standard InChI is InChI=1S/C13H11N5O/c19-13(14-8-12-15-17-18-16-12)11-6-5-9-3-1-2-4-10(9)7-11/h1-7H,8H2,(H,14,19)(H,15,16,17,18). The molecule has 94 valence electrons. The summed E-state index contributed by atoms with van der Waals surface area (Å²) in [6, 6.07) is 13.5. The van der Waals surface area contributed by atoms with Gasteiger partial charge in [0.2, 0.25) is 0 Å². The number of nitrogens with zero attached hydrogens (tertiary/aromatic N) is 3. The number of aromatic amines is 1. The molecule has 0 unspecified atom stereocenters. The monoisotopic (exact) mass is 253 g/mol. The van der Waals surface area contributed by atoms with Gasteiger partial charge >= 0.3 is 0 Å². The van der Waals surface area contributed by atoms with Crippen LogP contribution in [0.1, 0.15) is 16.2 Å². The van der Waals surface area contributed by atoms with Crippen LogP contribution in [0.3, 0.4) is 0 Å². The number of carbonyl (C=O) groups excluding carboxylic acids is 1. The lowest BCUT2D eigenvalue weighted by Gasteiger charge is -2.04. The van der Waals surface area contributed by atoms with Crippen molar-refractivity contribution >= 4 is 16.7 Å². The Bertz CT molecular complexity index is 708. The number of fused-ring (bicyclic) bond motifs is 1. The topological polar surface area (TPSA) is 83.6 Å². The molecular formula is C13H11N5O. The molecule has 0 aliphatic carbocycles. The zero-order chi connectivity index (χ0) is 13.1. The van der Waals surface area contributed by atoms with E-state index in [2.05, 4.69) is 25.9 Å². The number of H-pyrrole nitrogens is 1. The van der Waals surface area contributed by atoms with Crippen LogP contribution in [-0.2, 0) is 6.54 Å². The molecule has 0 atom stereocenters. The number of amides is 1. The van der Waals surface area contributed by atoms with Crippen LogP contribution in [0.2, 0.25) is 0 Å². The average Bonchev–Trinajstić information content (AvgIpc) is 2.97. The number of benzene rings is 2. The molecule has 0 radical (unpaired) electrons. The number of tetrazole rings is 1. The second-order valence-electron chi connectivity index (χ2n) is 4.07. The summed E-state index contributed by atoms with van der Waals surface area (Å²) in [5.41, 5.74) is 0.613. The highest BCUT2D eigenvalue weighted by molar-refractivity contribution is 5.98. The predicted octanol–water partition coefficient (Wildman–Crippen LogP) is 1.28. The van der Waals surface area contributed by atoms with Crippen molar-refractivity contribution in [1.82, 2.24) is 25.9 Å². The quantitative estimate of drug-likeness (QED) is 0.736. The molecule has 6 heteroatoms. The van der Waals surface area contributed by atoms with Crippen molar-refractivity contribution in [2.24, 2.45) is 0 Å². The third kappa shape index (κ3) is 2.42. The number of hydrogen-bond acceptors (Lipinski definition) is 4. The Morgan fingerprint density at radius 2 is 2.00 bits per heavy atom. The Morgan fingerprint density at radius 3 is 2.79 bits per heavy atom. The highest BCUT2D eigenvalue weighted by atomic mass is 16.1. The highest BCUT2D eigenvalue weighted by Crippen LogP contribution is 2.15. The molecule has 0 saturated carbocycles. The van der Waals surface area contributed by atoms with Crippen molar-refractivity contribution in [3.63, 3.8) is 0 Å². The summed E-state index contributed by atoms with van der Waals surface area (Å²) in [5.74, 6) is 0.296. The molecular weight excluding hydrogens is 242 g/mol. The Labute approximate surface area is 108 Å². The van der Waals surface area contributed by atoms with E-state index in [4.69, 9.17) is 0 Å². The van der Waals surface area contributed by atoms with Gasteiger partial charge in [0.15, 0.2) is 5.82 Å². The van der Waals surface area contributed by atoms with E-state index in [1.165, 1.54) is 0 Å². The fraction of sp³-hybridized carbons (Fsp3) is 0.0769. The first kappa shape index (κ1) is 11.3. The van der Waals surface area contributed by atoms with Crippen molar-refractivity contribution in [1.29, 1.82) is 0 Å². The van der Waals surface area contributed by atoms with Gasteiger partial charge in [0.25, 0.3) is 5.91 Å². The minimum Gasteiger partial charge on any atom is -0.345 e. The summed E-state index contributed by atoms with van der Waals surface area (Å²) in [7, 11) is 0. The molecule has 3 rings (SSSR count). The van der Waals surface area contributed by atoms with Gasteiger partial charge in [-0.15, -0.1) is 10.2 Å². The first-order chi connectivity index (χ1) is 9.33. The Morgan fingerprint density at radius 1 is 1.16 bits per heavy atom. The van der Waals surface area contributed by atoms with E-state index in [1.54, 1.807) is 6.07 Å². The second-order valence-corrected chi connectivity index (χ2v) is 4.07. The lowest BCUT2D eigenvalue weighted by atomic mass is 10.1. The van der Waals surface area contributed by atoms with Crippen molar-refractivity contribution in [3.05, 3.63) is 53.9 Å². The number of hydrogen-bond donors (Lipinski definition) is 2. The zero-order valence-corrected chi connectivity index (χ0v) is 10.00. The molecule has 19 heavy (non-hydrogen) atoms. The van der Waals surface area contributed by atoms with Gasteiger partial charge in [0, 0.05) is 5.56 Å². The number of carbonyl (C=O) groups is 1. The molecule has 0 spiro atoms. The Balaban J connectivity index is 1.77. The van der Waals surface area contributed by atoms with E-state index in [0.29, 0.717) is 11.4 Å². The smallest absolute Gasteiger partial charge is 0.251 e. The maximum absolute atomic E-state index is 12.0. The molecule has 2 aromatic carbocycles. The van der Waals surface area contributed by atoms with Crippen molar-refractivity contribution < 1.29 is 4.79 Å². The second kappa shape index (κ2) is 4.85. The summed E-state index contributed by atoms with van der Waals surface area (Å²) in [6.45, 7) is 0.252. The average molecular weight is 253 g/mol. The van der Waals surface area contributed by atoms with Gasteiger partial charge in [-0.2, -0.15) is 5.21 Å². The molecule has 0 fully saturated rings. The Hall–Kier alpha value is -2.76. The van der Waals surface area contributed by atoms with Crippen molar-refractivity contribution in [3.8, 4) is 0 Å². The number of nitrogens with one attached hydrogen (secondary N) is 2. The summed E-state index contributed by atoms with van der Waals surface area (Å²) >= 11 is 0. The molecule has 3 aromatic rings. The van der Waals surface area contributed by atoms with Gasteiger partial charge in [-0.05, 0) is 22.9 Å². The van der Waals surface area contributed by atoms with Gasteiger partial charge in [-0.3, -0.25) is 4.79 Å². The molecule has 0 aliphatic heterocycles. The van der Waals surface area contributed by atoms with E-state index >= 15 is 0 Å². The molecule has 1 amide bonds. The van der Waals surface area contributed by atoms with Crippen molar-refractivity contribution in [2.75, 3.05) is 0 Å². The zero-order valence-electron chi connectivity index (χ0n) is 10.00. The fourth-order valence-corrected chi connectivity index (χ4v) is 1.85. The lowest BCUT2D eigenvalue weighted by molar-refractivity contribution is 0.0950. The minimum atomic E-state index is -0.157. The number of aromatic nitrogens is 4. The minimum absolute atomic E-state index is 0.157. The number of rotatable bonds is 3. The third-order valence-electron chi connectivity index (χ3n) is 2.81. The molecule has 1 aromatic heterocycles. The summed E-state index contributed by atoms with van der Waals surface area (Å²) < 4.78 is 0. The SMILES string of the molecule is O=C(NCc1nn[nH]n1)c1ccc2ccccc2c1. The van der Waals surface area contributed by atoms with E-state index in [9.17, 15) is 4.79 Å². The van der Waals surface area contributed by atoms with Crippen LogP contribution in [-0.4, -0.2) is 26.5 Å². The van der Waals surface area contributed by atoms with Crippen LogP contribution < -0.4 is 5.32 Å². The van der Waals surface area contributed by atoms with Gasteiger partial charge in [0.05, 0.1) is 6.54 Å². The Kier molecular flexibility index (Phi) is 2.89. The molecule has 0 saturated heterocycles. The molecule has 6 nitrogen and oxygen atoms in total. The fourth-order valence-electron chi connectivity index (χ4n) is 1.85. The summed E-state index contributed by atoms with van der Waals surface area (Å²) in [4.78, 5) is 12.0. The molecule has 0 aliphatic rings. The van der Waals surface area contributed by atoms with Crippen LogP contribution in [0, 0.1) is 0 Å². The van der Waals surface area contributed by atoms with Crippen LogP contribution in [0.25, 0.3) is 10.8 Å².